The van der Waals surface area contributed by atoms with Crippen molar-refractivity contribution < 1.29 is 19.7 Å². The standard InChI is InChI=1S/C8H11NO4S/c1-13-3-7-9-5(4-14-7)6(10)2-8(11)12/h4,6,10H,2-3H2,1H3,(H,11,12)/t6-/m0/s1. The predicted molar refractivity (Wildman–Crippen MR) is 50.0 cm³/mol. The molecule has 78 valence electrons. The molecule has 2 N–H and O–H groups in total. The van der Waals surface area contributed by atoms with Crippen LogP contribution in [0.4, 0.5) is 0 Å². The lowest BCUT2D eigenvalue weighted by atomic mass is 10.2. The van der Waals surface area contributed by atoms with Gasteiger partial charge in [0.25, 0.3) is 0 Å². The second-order valence-electron chi connectivity index (χ2n) is 2.71. The highest BCUT2D eigenvalue weighted by molar-refractivity contribution is 7.09. The highest BCUT2D eigenvalue weighted by atomic mass is 32.1. The number of aliphatic hydroxyl groups excluding tert-OH is 1. The maximum Gasteiger partial charge on any atom is 0.306 e. The van der Waals surface area contributed by atoms with E-state index in [9.17, 15) is 9.90 Å². The Labute approximate surface area is 85.0 Å². The van der Waals surface area contributed by atoms with Crippen molar-refractivity contribution in [3.05, 3.63) is 16.1 Å². The Morgan fingerprint density at radius 1 is 1.79 bits per heavy atom. The summed E-state index contributed by atoms with van der Waals surface area (Å²) in [5, 5.41) is 20.2. The van der Waals surface area contributed by atoms with Gasteiger partial charge in [0.2, 0.25) is 0 Å². The van der Waals surface area contributed by atoms with E-state index in [1.807, 2.05) is 0 Å². The topological polar surface area (TPSA) is 79.7 Å². The third-order valence-corrected chi connectivity index (χ3v) is 2.39. The van der Waals surface area contributed by atoms with Crippen LogP contribution in [-0.4, -0.2) is 28.3 Å². The molecule has 0 saturated carbocycles. The van der Waals surface area contributed by atoms with Gasteiger partial charge in [-0.1, -0.05) is 0 Å². The molecule has 0 radical (unpaired) electrons. The van der Waals surface area contributed by atoms with Crippen LogP contribution in [0.1, 0.15) is 23.2 Å². The summed E-state index contributed by atoms with van der Waals surface area (Å²) in [6, 6.07) is 0. The van der Waals surface area contributed by atoms with Gasteiger partial charge in [0, 0.05) is 12.5 Å². The quantitative estimate of drug-likeness (QED) is 0.762. The number of hydrogen-bond donors (Lipinski definition) is 2. The molecule has 0 unspecified atom stereocenters. The van der Waals surface area contributed by atoms with E-state index in [1.54, 1.807) is 12.5 Å². The Hall–Kier alpha value is -0.980. The van der Waals surface area contributed by atoms with E-state index in [0.29, 0.717) is 12.3 Å². The van der Waals surface area contributed by atoms with Crippen LogP contribution in [0, 0.1) is 0 Å². The number of methoxy groups -OCH3 is 1. The number of thiazole rings is 1. The van der Waals surface area contributed by atoms with E-state index in [1.165, 1.54) is 11.3 Å². The van der Waals surface area contributed by atoms with E-state index < -0.39 is 12.1 Å². The molecule has 0 bridgehead atoms. The van der Waals surface area contributed by atoms with Crippen LogP contribution in [0.5, 0.6) is 0 Å². The van der Waals surface area contributed by atoms with Crippen LogP contribution in [0.25, 0.3) is 0 Å². The number of hydrogen-bond acceptors (Lipinski definition) is 5. The molecule has 14 heavy (non-hydrogen) atoms. The van der Waals surface area contributed by atoms with Crippen molar-refractivity contribution in [3.8, 4) is 0 Å². The van der Waals surface area contributed by atoms with E-state index in [2.05, 4.69) is 4.98 Å². The first-order valence-electron chi connectivity index (χ1n) is 3.96. The van der Waals surface area contributed by atoms with Crippen LogP contribution < -0.4 is 0 Å². The number of aliphatic carboxylic acids is 1. The van der Waals surface area contributed by atoms with Crippen molar-refractivity contribution in [2.75, 3.05) is 7.11 Å². The first-order valence-corrected chi connectivity index (χ1v) is 4.84. The van der Waals surface area contributed by atoms with Gasteiger partial charge in [0.05, 0.1) is 18.7 Å². The van der Waals surface area contributed by atoms with Gasteiger partial charge < -0.3 is 14.9 Å². The zero-order valence-corrected chi connectivity index (χ0v) is 8.45. The fourth-order valence-electron chi connectivity index (χ4n) is 0.938. The molecule has 0 fully saturated rings. The van der Waals surface area contributed by atoms with Crippen LogP contribution in [0.15, 0.2) is 5.38 Å². The molecular formula is C8H11NO4S. The van der Waals surface area contributed by atoms with E-state index in [4.69, 9.17) is 9.84 Å². The van der Waals surface area contributed by atoms with Gasteiger partial charge in [0.15, 0.2) is 0 Å². The summed E-state index contributed by atoms with van der Waals surface area (Å²) in [6.45, 7) is 0.379. The maximum absolute atomic E-state index is 10.3. The highest BCUT2D eigenvalue weighted by Gasteiger charge is 2.15. The summed E-state index contributed by atoms with van der Waals surface area (Å²) in [7, 11) is 1.55. The molecule has 1 rings (SSSR count). The molecule has 1 heterocycles. The lowest BCUT2D eigenvalue weighted by Crippen LogP contribution is -2.05. The fourth-order valence-corrected chi connectivity index (χ4v) is 1.75. The smallest absolute Gasteiger partial charge is 0.306 e. The van der Waals surface area contributed by atoms with Gasteiger partial charge in [-0.15, -0.1) is 11.3 Å². The highest BCUT2D eigenvalue weighted by Crippen LogP contribution is 2.19. The van der Waals surface area contributed by atoms with Crippen molar-refractivity contribution in [3.63, 3.8) is 0 Å². The molecule has 0 spiro atoms. The lowest BCUT2D eigenvalue weighted by molar-refractivity contribution is -0.139. The molecule has 6 heteroatoms. The summed E-state index contributed by atoms with van der Waals surface area (Å²) < 4.78 is 4.85. The molecule has 0 aliphatic rings. The Morgan fingerprint density at radius 2 is 2.50 bits per heavy atom. The third-order valence-electron chi connectivity index (χ3n) is 1.55. The maximum atomic E-state index is 10.3. The second-order valence-corrected chi connectivity index (χ2v) is 3.66. The molecule has 5 nitrogen and oxygen atoms in total. The van der Waals surface area contributed by atoms with Crippen molar-refractivity contribution >= 4 is 17.3 Å². The van der Waals surface area contributed by atoms with Gasteiger partial charge in [0.1, 0.15) is 11.1 Å². The minimum Gasteiger partial charge on any atom is -0.481 e. The number of carboxylic acids is 1. The van der Waals surface area contributed by atoms with Crippen LogP contribution in [-0.2, 0) is 16.1 Å². The summed E-state index contributed by atoms with van der Waals surface area (Å²) in [5.74, 6) is -1.04. The molecule has 1 aromatic heterocycles. The first kappa shape index (κ1) is 11.1. The normalized spacial score (nSPS) is 12.7. The fraction of sp³-hybridized carbons (Fsp3) is 0.500. The lowest BCUT2D eigenvalue weighted by Gasteiger charge is -2.02. The Bertz CT molecular complexity index is 312. The van der Waals surface area contributed by atoms with Crippen molar-refractivity contribution in [1.29, 1.82) is 0 Å². The zero-order valence-electron chi connectivity index (χ0n) is 7.64. The van der Waals surface area contributed by atoms with E-state index in [0.717, 1.165) is 5.01 Å². The van der Waals surface area contributed by atoms with Crippen molar-refractivity contribution in [2.45, 2.75) is 19.1 Å². The van der Waals surface area contributed by atoms with Crippen LogP contribution >= 0.6 is 11.3 Å². The predicted octanol–water partition coefficient (Wildman–Crippen LogP) is 0.798. The van der Waals surface area contributed by atoms with Gasteiger partial charge in [-0.2, -0.15) is 0 Å². The van der Waals surface area contributed by atoms with Gasteiger partial charge in [-0.05, 0) is 0 Å². The molecular weight excluding hydrogens is 206 g/mol. The number of ether oxygens (including phenoxy) is 1. The minimum atomic E-state index is -1.04. The summed E-state index contributed by atoms with van der Waals surface area (Å²) in [4.78, 5) is 14.3. The molecule has 0 aliphatic heterocycles. The zero-order chi connectivity index (χ0) is 10.6. The third kappa shape index (κ3) is 3.06. The number of carbonyl (C=O) groups is 1. The Balaban J connectivity index is 2.61. The van der Waals surface area contributed by atoms with Gasteiger partial charge >= 0.3 is 5.97 Å². The Kier molecular flexibility index (Phi) is 3.99. The van der Waals surface area contributed by atoms with Gasteiger partial charge in [-0.25, -0.2) is 4.98 Å². The second kappa shape index (κ2) is 5.04. The molecule has 0 amide bonds. The molecule has 1 aromatic rings. The number of carboxylic acid groups (broad SMARTS) is 1. The van der Waals surface area contributed by atoms with Crippen LogP contribution in [0.3, 0.4) is 0 Å². The van der Waals surface area contributed by atoms with Crippen molar-refractivity contribution in [1.82, 2.24) is 4.98 Å². The monoisotopic (exact) mass is 217 g/mol. The SMILES string of the molecule is COCc1nc([C@@H](O)CC(=O)O)cs1. The van der Waals surface area contributed by atoms with E-state index >= 15 is 0 Å². The molecule has 0 aromatic carbocycles. The van der Waals surface area contributed by atoms with Crippen molar-refractivity contribution in [2.24, 2.45) is 0 Å². The largest absolute Gasteiger partial charge is 0.481 e. The van der Waals surface area contributed by atoms with Gasteiger partial charge in [-0.3, -0.25) is 4.79 Å². The average Bonchev–Trinajstić information content (AvgIpc) is 2.52. The first-order chi connectivity index (χ1) is 6.63. The van der Waals surface area contributed by atoms with Crippen LogP contribution in [0.2, 0.25) is 0 Å². The summed E-state index contributed by atoms with van der Waals surface area (Å²) >= 11 is 1.34. The number of rotatable bonds is 5. The number of nitrogens with zero attached hydrogens (tertiary/aromatic N) is 1. The number of aromatic nitrogens is 1. The summed E-state index contributed by atoms with van der Waals surface area (Å²) in [6.07, 6.45) is -1.36. The molecule has 1 atom stereocenters. The Morgan fingerprint density at radius 3 is 3.07 bits per heavy atom. The summed E-state index contributed by atoms with van der Waals surface area (Å²) in [5.41, 5.74) is 0.393. The number of aliphatic hydroxyl groups is 1. The minimum absolute atomic E-state index is 0.323. The van der Waals surface area contributed by atoms with E-state index in [-0.39, 0.29) is 6.42 Å². The molecule has 0 saturated heterocycles. The molecule has 0 aliphatic carbocycles. The average molecular weight is 217 g/mol.